The first-order valence-electron chi connectivity index (χ1n) is 6.32. The Kier molecular flexibility index (Phi) is 7.16. The van der Waals surface area contributed by atoms with E-state index in [0.717, 1.165) is 25.8 Å². The summed E-state index contributed by atoms with van der Waals surface area (Å²) in [4.78, 5) is 11.6. The third-order valence-corrected chi connectivity index (χ3v) is 3.15. The first kappa shape index (κ1) is 14.4. The number of methoxy groups -OCH3 is 1. The molecular formula is C12H24N2O3. The predicted octanol–water partition coefficient (Wildman–Crippen LogP) is 0.283. The van der Waals surface area contributed by atoms with Crippen LogP contribution in [0.5, 0.6) is 0 Å². The molecule has 0 aromatic carbocycles. The SMILES string of the molecule is COCCOCC(=O)NC1CCCC(CN)C1. The van der Waals surface area contributed by atoms with E-state index in [1.807, 2.05) is 0 Å². The van der Waals surface area contributed by atoms with Crippen molar-refractivity contribution in [3.8, 4) is 0 Å². The standard InChI is InChI=1S/C12H24N2O3/c1-16-5-6-17-9-12(15)14-11-4-2-3-10(7-11)8-13/h10-11H,2-9,13H2,1H3,(H,14,15). The number of carbonyl (C=O) groups is 1. The molecule has 0 aromatic rings. The van der Waals surface area contributed by atoms with Crippen molar-refractivity contribution in [3.63, 3.8) is 0 Å². The van der Waals surface area contributed by atoms with E-state index in [0.29, 0.717) is 19.1 Å². The highest BCUT2D eigenvalue weighted by Crippen LogP contribution is 2.23. The molecule has 1 aliphatic rings. The molecule has 0 heterocycles. The van der Waals surface area contributed by atoms with Gasteiger partial charge in [-0.3, -0.25) is 4.79 Å². The zero-order chi connectivity index (χ0) is 12.5. The number of nitrogens with two attached hydrogens (primary N) is 1. The van der Waals surface area contributed by atoms with Crippen LogP contribution in [0, 0.1) is 5.92 Å². The van der Waals surface area contributed by atoms with Crippen molar-refractivity contribution in [1.82, 2.24) is 5.32 Å². The summed E-state index contributed by atoms with van der Waals surface area (Å²) >= 11 is 0. The normalized spacial score (nSPS) is 24.6. The molecule has 1 fully saturated rings. The lowest BCUT2D eigenvalue weighted by atomic mass is 9.86. The van der Waals surface area contributed by atoms with E-state index >= 15 is 0 Å². The van der Waals surface area contributed by atoms with Gasteiger partial charge in [0.2, 0.25) is 5.91 Å². The van der Waals surface area contributed by atoms with Crippen molar-refractivity contribution in [2.75, 3.05) is 33.5 Å². The molecule has 5 heteroatoms. The fourth-order valence-electron chi connectivity index (χ4n) is 2.21. The lowest BCUT2D eigenvalue weighted by Gasteiger charge is -2.28. The minimum absolute atomic E-state index is 0.0382. The Morgan fingerprint density at radius 1 is 1.41 bits per heavy atom. The second kappa shape index (κ2) is 8.44. The van der Waals surface area contributed by atoms with Crippen LogP contribution >= 0.6 is 0 Å². The van der Waals surface area contributed by atoms with Crippen molar-refractivity contribution in [1.29, 1.82) is 0 Å². The Balaban J connectivity index is 2.12. The van der Waals surface area contributed by atoms with Crippen molar-refractivity contribution in [2.24, 2.45) is 11.7 Å². The molecule has 0 saturated heterocycles. The molecule has 0 spiro atoms. The average Bonchev–Trinajstić information content (AvgIpc) is 2.35. The lowest BCUT2D eigenvalue weighted by Crippen LogP contribution is -2.41. The number of carbonyl (C=O) groups excluding carboxylic acids is 1. The van der Waals surface area contributed by atoms with Crippen molar-refractivity contribution in [3.05, 3.63) is 0 Å². The maximum absolute atomic E-state index is 11.6. The topological polar surface area (TPSA) is 73.6 Å². The number of hydrogen-bond acceptors (Lipinski definition) is 4. The maximum atomic E-state index is 11.6. The van der Waals surface area contributed by atoms with Crippen LogP contribution in [0.4, 0.5) is 0 Å². The quantitative estimate of drug-likeness (QED) is 0.631. The first-order chi connectivity index (χ1) is 8.26. The Morgan fingerprint density at radius 3 is 2.94 bits per heavy atom. The number of hydrogen-bond donors (Lipinski definition) is 2. The third-order valence-electron chi connectivity index (χ3n) is 3.15. The van der Waals surface area contributed by atoms with Crippen LogP contribution in [-0.2, 0) is 14.3 Å². The van der Waals surface area contributed by atoms with Crippen LogP contribution < -0.4 is 11.1 Å². The largest absolute Gasteiger partial charge is 0.382 e. The minimum atomic E-state index is -0.0382. The van der Waals surface area contributed by atoms with Gasteiger partial charge in [-0.1, -0.05) is 6.42 Å². The lowest BCUT2D eigenvalue weighted by molar-refractivity contribution is -0.127. The van der Waals surface area contributed by atoms with Gasteiger partial charge in [0.25, 0.3) is 0 Å². The zero-order valence-corrected chi connectivity index (χ0v) is 10.6. The van der Waals surface area contributed by atoms with E-state index in [1.165, 1.54) is 6.42 Å². The van der Waals surface area contributed by atoms with Crippen LogP contribution in [-0.4, -0.2) is 45.4 Å². The Bertz CT molecular complexity index is 224. The van der Waals surface area contributed by atoms with Gasteiger partial charge in [-0.15, -0.1) is 0 Å². The molecule has 1 rings (SSSR count). The Hall–Kier alpha value is -0.650. The Morgan fingerprint density at radius 2 is 2.24 bits per heavy atom. The molecule has 0 aromatic heterocycles. The maximum Gasteiger partial charge on any atom is 0.246 e. The number of nitrogens with one attached hydrogen (secondary N) is 1. The third kappa shape index (κ3) is 6.00. The Labute approximate surface area is 103 Å². The molecule has 2 unspecified atom stereocenters. The number of rotatable bonds is 7. The summed E-state index contributed by atoms with van der Waals surface area (Å²) in [5, 5.41) is 3.00. The highest BCUT2D eigenvalue weighted by Gasteiger charge is 2.22. The molecular weight excluding hydrogens is 220 g/mol. The molecule has 0 radical (unpaired) electrons. The molecule has 100 valence electrons. The molecule has 1 aliphatic carbocycles. The van der Waals surface area contributed by atoms with E-state index in [-0.39, 0.29) is 18.6 Å². The summed E-state index contributed by atoms with van der Waals surface area (Å²) in [7, 11) is 1.61. The van der Waals surface area contributed by atoms with Crippen molar-refractivity contribution >= 4 is 5.91 Å². The summed E-state index contributed by atoms with van der Waals surface area (Å²) in [5.41, 5.74) is 5.66. The summed E-state index contributed by atoms with van der Waals surface area (Å²) in [5.74, 6) is 0.521. The molecule has 2 atom stereocenters. The van der Waals surface area contributed by atoms with Gasteiger partial charge in [-0.25, -0.2) is 0 Å². The number of ether oxygens (including phenoxy) is 2. The van der Waals surface area contributed by atoms with Crippen LogP contribution in [0.1, 0.15) is 25.7 Å². The highest BCUT2D eigenvalue weighted by molar-refractivity contribution is 5.77. The minimum Gasteiger partial charge on any atom is -0.382 e. The fourth-order valence-corrected chi connectivity index (χ4v) is 2.21. The number of amides is 1. The van der Waals surface area contributed by atoms with Crippen molar-refractivity contribution < 1.29 is 14.3 Å². The smallest absolute Gasteiger partial charge is 0.246 e. The van der Waals surface area contributed by atoms with E-state index in [1.54, 1.807) is 7.11 Å². The summed E-state index contributed by atoms with van der Waals surface area (Å²) in [6, 6.07) is 0.274. The van der Waals surface area contributed by atoms with E-state index in [2.05, 4.69) is 5.32 Å². The second-order valence-electron chi connectivity index (χ2n) is 4.58. The molecule has 0 bridgehead atoms. The molecule has 17 heavy (non-hydrogen) atoms. The monoisotopic (exact) mass is 244 g/mol. The fraction of sp³-hybridized carbons (Fsp3) is 0.917. The molecule has 1 amide bonds. The van der Waals surface area contributed by atoms with Gasteiger partial charge >= 0.3 is 0 Å². The van der Waals surface area contributed by atoms with Gasteiger partial charge in [0.1, 0.15) is 6.61 Å². The molecule has 1 saturated carbocycles. The van der Waals surface area contributed by atoms with Gasteiger partial charge in [0.05, 0.1) is 13.2 Å². The van der Waals surface area contributed by atoms with Crippen LogP contribution in [0.3, 0.4) is 0 Å². The van der Waals surface area contributed by atoms with Gasteiger partial charge in [-0.05, 0) is 31.7 Å². The van der Waals surface area contributed by atoms with Gasteiger partial charge in [0.15, 0.2) is 0 Å². The van der Waals surface area contributed by atoms with E-state index < -0.39 is 0 Å². The first-order valence-corrected chi connectivity index (χ1v) is 6.32. The summed E-state index contributed by atoms with van der Waals surface area (Å²) in [6.45, 7) is 1.82. The second-order valence-corrected chi connectivity index (χ2v) is 4.58. The molecule has 3 N–H and O–H groups in total. The average molecular weight is 244 g/mol. The predicted molar refractivity (Wildman–Crippen MR) is 65.6 cm³/mol. The van der Waals surface area contributed by atoms with Gasteiger partial charge in [0, 0.05) is 13.2 Å². The van der Waals surface area contributed by atoms with E-state index in [4.69, 9.17) is 15.2 Å². The van der Waals surface area contributed by atoms with Crippen molar-refractivity contribution in [2.45, 2.75) is 31.7 Å². The van der Waals surface area contributed by atoms with E-state index in [9.17, 15) is 4.79 Å². The van der Waals surface area contributed by atoms with Crippen LogP contribution in [0.25, 0.3) is 0 Å². The van der Waals surface area contributed by atoms with Gasteiger partial charge < -0.3 is 20.5 Å². The molecule has 5 nitrogen and oxygen atoms in total. The molecule has 0 aliphatic heterocycles. The van der Waals surface area contributed by atoms with Gasteiger partial charge in [-0.2, -0.15) is 0 Å². The zero-order valence-electron chi connectivity index (χ0n) is 10.6. The highest BCUT2D eigenvalue weighted by atomic mass is 16.5. The summed E-state index contributed by atoms with van der Waals surface area (Å²) < 4.78 is 10.0. The van der Waals surface area contributed by atoms with Crippen LogP contribution in [0.2, 0.25) is 0 Å². The van der Waals surface area contributed by atoms with Crippen LogP contribution in [0.15, 0.2) is 0 Å². The summed E-state index contributed by atoms with van der Waals surface area (Å²) in [6.07, 6.45) is 4.39.